The fourth-order valence-corrected chi connectivity index (χ4v) is 3.02. The summed E-state index contributed by atoms with van der Waals surface area (Å²) in [6, 6.07) is 14.4. The van der Waals surface area contributed by atoms with E-state index in [0.29, 0.717) is 18.3 Å². The van der Waals surface area contributed by atoms with Gasteiger partial charge in [0.15, 0.2) is 0 Å². The number of rotatable bonds is 4. The molecule has 2 aromatic rings. The highest BCUT2D eigenvalue weighted by molar-refractivity contribution is 5.92. The molecule has 23 heavy (non-hydrogen) atoms. The van der Waals surface area contributed by atoms with Crippen molar-refractivity contribution in [2.75, 3.05) is 13.1 Å². The average Bonchev–Trinajstić information content (AvgIpc) is 2.59. The molecule has 1 aromatic carbocycles. The minimum atomic E-state index is -0.0991. The van der Waals surface area contributed by atoms with Gasteiger partial charge in [0.25, 0.3) is 5.91 Å². The van der Waals surface area contributed by atoms with Crippen LogP contribution < -0.4 is 5.32 Å². The summed E-state index contributed by atoms with van der Waals surface area (Å²) in [4.78, 5) is 18.9. The van der Waals surface area contributed by atoms with Gasteiger partial charge in [0.2, 0.25) is 0 Å². The van der Waals surface area contributed by atoms with Crippen molar-refractivity contribution in [1.82, 2.24) is 15.2 Å². The van der Waals surface area contributed by atoms with Crippen molar-refractivity contribution < 1.29 is 4.79 Å². The fraction of sp³-hybridized carbons (Fsp3) is 0.368. The molecule has 120 valence electrons. The maximum atomic E-state index is 12.2. The molecule has 1 N–H and O–H groups in total. The number of carbonyl (C=O) groups is 1. The van der Waals surface area contributed by atoms with Gasteiger partial charge in [-0.15, -0.1) is 0 Å². The molecule has 1 atom stereocenters. The molecular formula is C19H23N3O. The Balaban J connectivity index is 1.56. The van der Waals surface area contributed by atoms with Crippen molar-refractivity contribution >= 4 is 5.91 Å². The van der Waals surface area contributed by atoms with Gasteiger partial charge >= 0.3 is 0 Å². The largest absolute Gasteiger partial charge is 0.349 e. The van der Waals surface area contributed by atoms with Crippen molar-refractivity contribution in [3.63, 3.8) is 0 Å². The monoisotopic (exact) mass is 309 g/mol. The third-order valence-corrected chi connectivity index (χ3v) is 4.46. The highest BCUT2D eigenvalue weighted by Gasteiger charge is 2.20. The number of benzene rings is 1. The van der Waals surface area contributed by atoms with E-state index in [2.05, 4.69) is 46.4 Å². The summed E-state index contributed by atoms with van der Waals surface area (Å²) >= 11 is 0. The molecule has 4 heteroatoms. The number of pyridine rings is 1. The minimum absolute atomic E-state index is 0.0991. The normalized spacial score (nSPS) is 15.7. The lowest BCUT2D eigenvalue weighted by Crippen LogP contribution is -2.44. The Morgan fingerprint density at radius 1 is 1.22 bits per heavy atom. The molecule has 0 unspecified atom stereocenters. The van der Waals surface area contributed by atoms with Gasteiger partial charge in [0.05, 0.1) is 0 Å². The first-order valence-electron chi connectivity index (χ1n) is 8.16. The van der Waals surface area contributed by atoms with Crippen molar-refractivity contribution in [3.05, 3.63) is 65.0 Å². The van der Waals surface area contributed by atoms with Crippen LogP contribution in [0.1, 0.15) is 34.2 Å². The Morgan fingerprint density at radius 2 is 2.00 bits per heavy atom. The molecule has 0 saturated carbocycles. The average molecular weight is 309 g/mol. The van der Waals surface area contributed by atoms with Gasteiger partial charge in [-0.05, 0) is 43.5 Å². The van der Waals surface area contributed by atoms with Crippen LogP contribution in [0, 0.1) is 6.92 Å². The summed E-state index contributed by atoms with van der Waals surface area (Å²) in [5, 5.41) is 3.00. The number of hydrogen-bond acceptors (Lipinski definition) is 3. The molecular weight excluding hydrogens is 286 g/mol. The Morgan fingerprint density at radius 3 is 2.78 bits per heavy atom. The van der Waals surface area contributed by atoms with E-state index in [1.54, 1.807) is 6.07 Å². The fourth-order valence-electron chi connectivity index (χ4n) is 3.02. The predicted octanol–water partition coefficient (Wildman–Crippen LogP) is 2.57. The second kappa shape index (κ2) is 6.92. The Labute approximate surface area is 137 Å². The summed E-state index contributed by atoms with van der Waals surface area (Å²) in [6.45, 7) is 6.69. The lowest BCUT2D eigenvalue weighted by Gasteiger charge is -2.33. The highest BCUT2D eigenvalue weighted by atomic mass is 16.1. The quantitative estimate of drug-likeness (QED) is 0.944. The third kappa shape index (κ3) is 3.77. The zero-order valence-corrected chi connectivity index (χ0v) is 13.7. The van der Waals surface area contributed by atoms with Gasteiger partial charge in [0, 0.05) is 31.4 Å². The Bertz CT molecular complexity index is 699. The first kappa shape index (κ1) is 15.7. The highest BCUT2D eigenvalue weighted by Crippen LogP contribution is 2.19. The maximum Gasteiger partial charge on any atom is 0.269 e. The maximum absolute atomic E-state index is 12.2. The van der Waals surface area contributed by atoms with E-state index < -0.39 is 0 Å². The van der Waals surface area contributed by atoms with E-state index >= 15 is 0 Å². The van der Waals surface area contributed by atoms with Crippen LogP contribution in [0.4, 0.5) is 0 Å². The zero-order chi connectivity index (χ0) is 16.2. The molecule has 0 bridgehead atoms. The second-order valence-corrected chi connectivity index (χ2v) is 6.21. The second-order valence-electron chi connectivity index (χ2n) is 6.21. The van der Waals surface area contributed by atoms with Crippen LogP contribution in [0.5, 0.6) is 0 Å². The number of carbonyl (C=O) groups excluding carboxylic acids is 1. The SMILES string of the molecule is Cc1cccc(C(=O)NC[C@@H](C)N2CCc3ccccc3C2)n1. The molecule has 1 aromatic heterocycles. The van der Waals surface area contributed by atoms with Gasteiger partial charge in [-0.1, -0.05) is 30.3 Å². The summed E-state index contributed by atoms with van der Waals surface area (Å²) in [5.74, 6) is -0.0991. The molecule has 2 heterocycles. The zero-order valence-electron chi connectivity index (χ0n) is 13.7. The number of aryl methyl sites for hydroxylation is 1. The van der Waals surface area contributed by atoms with Crippen molar-refractivity contribution in [2.45, 2.75) is 32.9 Å². The predicted molar refractivity (Wildman–Crippen MR) is 91.3 cm³/mol. The van der Waals surface area contributed by atoms with Crippen LogP contribution in [0.3, 0.4) is 0 Å². The molecule has 4 nitrogen and oxygen atoms in total. The summed E-state index contributed by atoms with van der Waals surface area (Å²) in [6.07, 6.45) is 1.08. The number of nitrogens with one attached hydrogen (secondary N) is 1. The molecule has 1 aliphatic heterocycles. The molecule has 0 aliphatic carbocycles. The van der Waals surface area contributed by atoms with Crippen molar-refractivity contribution in [3.8, 4) is 0 Å². The van der Waals surface area contributed by atoms with Gasteiger partial charge in [-0.2, -0.15) is 0 Å². The molecule has 0 radical (unpaired) electrons. The first-order chi connectivity index (χ1) is 11.1. The van der Waals surface area contributed by atoms with Crippen LogP contribution in [0.15, 0.2) is 42.5 Å². The van der Waals surface area contributed by atoms with E-state index in [-0.39, 0.29) is 5.91 Å². The number of nitrogens with zero attached hydrogens (tertiary/aromatic N) is 2. The van der Waals surface area contributed by atoms with Gasteiger partial charge < -0.3 is 5.32 Å². The number of aromatic nitrogens is 1. The lowest BCUT2D eigenvalue weighted by molar-refractivity contribution is 0.0927. The summed E-state index contributed by atoms with van der Waals surface area (Å²) in [5.41, 5.74) is 4.20. The number of hydrogen-bond donors (Lipinski definition) is 1. The van der Waals surface area contributed by atoms with Crippen LogP contribution in [0.25, 0.3) is 0 Å². The lowest BCUT2D eigenvalue weighted by atomic mass is 9.99. The standard InChI is InChI=1S/C19H23N3O/c1-14-6-5-9-18(21-14)19(23)20-12-15(2)22-11-10-16-7-3-4-8-17(16)13-22/h3-9,15H,10-13H2,1-2H3,(H,20,23)/t15-/m1/s1. The molecule has 1 aliphatic rings. The first-order valence-corrected chi connectivity index (χ1v) is 8.16. The van der Waals surface area contributed by atoms with Crippen LogP contribution in [-0.4, -0.2) is 34.9 Å². The smallest absolute Gasteiger partial charge is 0.269 e. The number of fused-ring (bicyclic) bond motifs is 1. The van der Waals surface area contributed by atoms with Crippen molar-refractivity contribution in [2.24, 2.45) is 0 Å². The Kier molecular flexibility index (Phi) is 4.72. The van der Waals surface area contributed by atoms with E-state index in [9.17, 15) is 4.79 Å². The molecule has 3 rings (SSSR count). The summed E-state index contributed by atoms with van der Waals surface area (Å²) < 4.78 is 0. The van der Waals surface area contributed by atoms with E-state index in [0.717, 1.165) is 25.2 Å². The Hall–Kier alpha value is -2.20. The molecule has 0 saturated heterocycles. The van der Waals surface area contributed by atoms with Crippen LogP contribution in [0.2, 0.25) is 0 Å². The van der Waals surface area contributed by atoms with E-state index in [1.165, 1.54) is 11.1 Å². The molecule has 0 fully saturated rings. The van der Waals surface area contributed by atoms with Crippen molar-refractivity contribution in [1.29, 1.82) is 0 Å². The topological polar surface area (TPSA) is 45.2 Å². The van der Waals surface area contributed by atoms with Gasteiger partial charge in [-0.3, -0.25) is 9.69 Å². The molecule has 1 amide bonds. The van der Waals surface area contributed by atoms with E-state index in [1.807, 2.05) is 19.1 Å². The number of amides is 1. The minimum Gasteiger partial charge on any atom is -0.349 e. The molecule has 0 spiro atoms. The van der Waals surface area contributed by atoms with Crippen LogP contribution >= 0.6 is 0 Å². The van der Waals surface area contributed by atoms with Gasteiger partial charge in [-0.25, -0.2) is 4.98 Å². The summed E-state index contributed by atoms with van der Waals surface area (Å²) in [7, 11) is 0. The van der Waals surface area contributed by atoms with E-state index in [4.69, 9.17) is 0 Å². The van der Waals surface area contributed by atoms with Crippen LogP contribution in [-0.2, 0) is 13.0 Å². The third-order valence-electron chi connectivity index (χ3n) is 4.46. The van der Waals surface area contributed by atoms with Gasteiger partial charge in [0.1, 0.15) is 5.69 Å².